The van der Waals surface area contributed by atoms with Gasteiger partial charge in [0.1, 0.15) is 6.07 Å². The summed E-state index contributed by atoms with van der Waals surface area (Å²) in [4.78, 5) is 1.09. The summed E-state index contributed by atoms with van der Waals surface area (Å²) in [7, 11) is 0. The smallest absolute Gasteiger partial charge is 0.100 e. The number of nitrogens with zero attached hydrogens (tertiary/aromatic N) is 1. The van der Waals surface area contributed by atoms with E-state index >= 15 is 0 Å². The molecule has 1 aromatic carbocycles. The van der Waals surface area contributed by atoms with Crippen LogP contribution >= 0.6 is 11.8 Å². The molecular weight excluding hydrogens is 268 g/mol. The molecule has 2 fully saturated rings. The van der Waals surface area contributed by atoms with Crippen molar-refractivity contribution < 1.29 is 4.74 Å². The average Bonchev–Trinajstić information content (AvgIpc) is 3.21. The van der Waals surface area contributed by atoms with Crippen molar-refractivity contribution in [2.75, 3.05) is 6.61 Å². The maximum atomic E-state index is 9.36. The minimum atomic E-state index is 0.280. The molecule has 0 aromatic heterocycles. The Balaban J connectivity index is 1.68. The first-order valence-corrected chi connectivity index (χ1v) is 8.19. The highest BCUT2D eigenvalue weighted by atomic mass is 32.2. The van der Waals surface area contributed by atoms with E-state index in [1.54, 1.807) is 11.8 Å². The lowest BCUT2D eigenvalue weighted by Crippen LogP contribution is -2.15. The summed E-state index contributed by atoms with van der Waals surface area (Å²) in [5.74, 6) is 0. The van der Waals surface area contributed by atoms with Crippen LogP contribution in [0.25, 0.3) is 0 Å². The number of hydrogen-bond acceptors (Lipinski definition) is 4. The Morgan fingerprint density at radius 1 is 1.40 bits per heavy atom. The van der Waals surface area contributed by atoms with Crippen LogP contribution in [0.15, 0.2) is 23.1 Å². The van der Waals surface area contributed by atoms with Gasteiger partial charge in [-0.3, -0.25) is 0 Å². The summed E-state index contributed by atoms with van der Waals surface area (Å²) in [6.07, 6.45) is 3.93. The first kappa shape index (κ1) is 13.9. The van der Waals surface area contributed by atoms with Gasteiger partial charge in [0.2, 0.25) is 0 Å². The Labute approximate surface area is 124 Å². The topological polar surface area (TPSA) is 45.0 Å². The molecule has 20 heavy (non-hydrogen) atoms. The maximum Gasteiger partial charge on any atom is 0.100 e. The van der Waals surface area contributed by atoms with Crippen LogP contribution in [-0.4, -0.2) is 24.0 Å². The summed E-state index contributed by atoms with van der Waals surface area (Å²) >= 11 is 1.79. The van der Waals surface area contributed by atoms with Crippen LogP contribution in [0.1, 0.15) is 37.3 Å². The van der Waals surface area contributed by atoms with E-state index in [2.05, 4.69) is 30.4 Å². The molecule has 4 heteroatoms. The van der Waals surface area contributed by atoms with Gasteiger partial charge in [0.15, 0.2) is 0 Å². The Bertz CT molecular complexity index is 522. The normalized spacial score (nSPS) is 25.6. The van der Waals surface area contributed by atoms with Gasteiger partial charge in [-0.1, -0.05) is 6.07 Å². The van der Waals surface area contributed by atoms with E-state index in [0.29, 0.717) is 11.3 Å². The van der Waals surface area contributed by atoms with E-state index in [4.69, 9.17) is 4.74 Å². The molecule has 1 saturated heterocycles. The Kier molecular flexibility index (Phi) is 4.30. The molecule has 1 heterocycles. The van der Waals surface area contributed by atoms with E-state index in [1.165, 1.54) is 18.4 Å². The summed E-state index contributed by atoms with van der Waals surface area (Å²) < 4.78 is 5.59. The first-order valence-electron chi connectivity index (χ1n) is 7.31. The first-order chi connectivity index (χ1) is 9.76. The molecule has 2 unspecified atom stereocenters. The fourth-order valence-electron chi connectivity index (χ4n) is 2.46. The van der Waals surface area contributed by atoms with Crippen molar-refractivity contribution in [1.29, 1.82) is 5.26 Å². The molecule has 2 atom stereocenters. The second-order valence-electron chi connectivity index (χ2n) is 5.62. The van der Waals surface area contributed by atoms with Crippen molar-refractivity contribution in [2.24, 2.45) is 0 Å². The fraction of sp³-hybridized carbons (Fsp3) is 0.562. The SMILES string of the molecule is CC1OCCC1Sc1ccc(CNC2CC2)cc1C#N. The largest absolute Gasteiger partial charge is 0.377 e. The zero-order valence-electron chi connectivity index (χ0n) is 11.8. The molecular formula is C16H20N2OS. The third-order valence-electron chi connectivity index (χ3n) is 3.92. The molecule has 0 spiro atoms. The zero-order chi connectivity index (χ0) is 13.9. The van der Waals surface area contributed by atoms with Gasteiger partial charge < -0.3 is 10.1 Å². The Hall–Kier alpha value is -1.02. The Morgan fingerprint density at radius 2 is 2.25 bits per heavy atom. The highest BCUT2D eigenvalue weighted by Crippen LogP contribution is 2.34. The van der Waals surface area contributed by atoms with Gasteiger partial charge in [-0.15, -0.1) is 11.8 Å². The predicted molar refractivity (Wildman–Crippen MR) is 80.7 cm³/mol. The van der Waals surface area contributed by atoms with Gasteiger partial charge in [-0.25, -0.2) is 0 Å². The van der Waals surface area contributed by atoms with Crippen molar-refractivity contribution >= 4 is 11.8 Å². The molecule has 3 nitrogen and oxygen atoms in total. The third-order valence-corrected chi connectivity index (χ3v) is 5.45. The molecule has 0 radical (unpaired) electrons. The van der Waals surface area contributed by atoms with Crippen molar-refractivity contribution in [3.8, 4) is 6.07 Å². The van der Waals surface area contributed by atoms with Crippen molar-refractivity contribution in [3.05, 3.63) is 29.3 Å². The van der Waals surface area contributed by atoms with Crippen LogP contribution in [-0.2, 0) is 11.3 Å². The number of ether oxygens (including phenoxy) is 1. The van der Waals surface area contributed by atoms with E-state index in [9.17, 15) is 5.26 Å². The lowest BCUT2D eigenvalue weighted by molar-refractivity contribution is 0.127. The number of hydrogen-bond donors (Lipinski definition) is 1. The summed E-state index contributed by atoms with van der Waals surface area (Å²) in [5, 5.41) is 13.3. The molecule has 1 N–H and O–H groups in total. The van der Waals surface area contributed by atoms with Crippen LogP contribution in [0.5, 0.6) is 0 Å². The fourth-order valence-corrected chi connectivity index (χ4v) is 3.65. The highest BCUT2D eigenvalue weighted by molar-refractivity contribution is 8.00. The molecule has 0 amide bonds. The molecule has 106 valence electrons. The molecule has 2 aliphatic rings. The van der Waals surface area contributed by atoms with Crippen LogP contribution in [0, 0.1) is 11.3 Å². The van der Waals surface area contributed by atoms with Gasteiger partial charge in [-0.2, -0.15) is 5.26 Å². The summed E-state index contributed by atoms with van der Waals surface area (Å²) in [6.45, 7) is 3.82. The quantitative estimate of drug-likeness (QED) is 0.904. The highest BCUT2D eigenvalue weighted by Gasteiger charge is 2.26. The van der Waals surface area contributed by atoms with Crippen LogP contribution in [0.4, 0.5) is 0 Å². The maximum absolute atomic E-state index is 9.36. The van der Waals surface area contributed by atoms with Crippen LogP contribution in [0.2, 0.25) is 0 Å². The van der Waals surface area contributed by atoms with Gasteiger partial charge in [0.05, 0.1) is 11.7 Å². The summed E-state index contributed by atoms with van der Waals surface area (Å²) in [5.41, 5.74) is 2.00. The number of nitrogens with one attached hydrogen (secondary N) is 1. The van der Waals surface area contributed by atoms with Gasteiger partial charge in [-0.05, 0) is 43.9 Å². The van der Waals surface area contributed by atoms with E-state index < -0.39 is 0 Å². The zero-order valence-corrected chi connectivity index (χ0v) is 12.6. The average molecular weight is 288 g/mol. The van der Waals surface area contributed by atoms with Gasteiger partial charge >= 0.3 is 0 Å². The number of nitriles is 1. The van der Waals surface area contributed by atoms with Gasteiger partial charge in [0, 0.05) is 29.3 Å². The number of rotatable bonds is 5. The standard InChI is InChI=1S/C16H20N2OS/c1-11-15(6-7-19-11)20-16-5-2-12(8-13(16)9-17)10-18-14-3-4-14/h2,5,8,11,14-15,18H,3-4,6-7,10H2,1H3. The van der Waals surface area contributed by atoms with Crippen molar-refractivity contribution in [2.45, 2.75) is 55.0 Å². The predicted octanol–water partition coefficient (Wildman–Crippen LogP) is 3.08. The van der Waals surface area contributed by atoms with Crippen molar-refractivity contribution in [1.82, 2.24) is 5.32 Å². The summed E-state index contributed by atoms with van der Waals surface area (Å²) in [6, 6.07) is 9.30. The monoisotopic (exact) mass is 288 g/mol. The molecule has 1 aromatic rings. The van der Waals surface area contributed by atoms with E-state index in [0.717, 1.165) is 30.0 Å². The van der Waals surface area contributed by atoms with E-state index in [1.807, 2.05) is 6.07 Å². The minimum Gasteiger partial charge on any atom is -0.377 e. The Morgan fingerprint density at radius 3 is 2.90 bits per heavy atom. The van der Waals surface area contributed by atoms with Gasteiger partial charge in [0.25, 0.3) is 0 Å². The van der Waals surface area contributed by atoms with Crippen LogP contribution in [0.3, 0.4) is 0 Å². The second-order valence-corrected chi connectivity index (χ2v) is 6.90. The minimum absolute atomic E-state index is 0.280. The lowest BCUT2D eigenvalue weighted by Gasteiger charge is -2.15. The van der Waals surface area contributed by atoms with Crippen LogP contribution < -0.4 is 5.32 Å². The molecule has 1 aliphatic carbocycles. The van der Waals surface area contributed by atoms with Crippen molar-refractivity contribution in [3.63, 3.8) is 0 Å². The third kappa shape index (κ3) is 3.35. The number of thioether (sulfide) groups is 1. The molecule has 1 saturated carbocycles. The molecule has 1 aliphatic heterocycles. The lowest BCUT2D eigenvalue weighted by atomic mass is 10.1. The molecule has 3 rings (SSSR count). The molecule has 0 bridgehead atoms. The second kappa shape index (κ2) is 6.17. The number of benzene rings is 1. The van der Waals surface area contributed by atoms with E-state index in [-0.39, 0.29) is 6.10 Å².